The van der Waals surface area contributed by atoms with Gasteiger partial charge in [0.05, 0.1) is 0 Å². The van der Waals surface area contributed by atoms with E-state index < -0.39 is 0 Å². The lowest BCUT2D eigenvalue weighted by molar-refractivity contribution is -0.125. The highest BCUT2D eigenvalue weighted by molar-refractivity contribution is 6.43. The summed E-state index contributed by atoms with van der Waals surface area (Å²) in [6.45, 7) is 4.28. The second-order valence-electron chi connectivity index (χ2n) is 6.75. The Hall–Kier alpha value is -2.90. The molecule has 8 nitrogen and oxygen atoms in total. The SMILES string of the molecule is CCNC(=O)C1CCN(c2ccc(NC(=O)C3=NNC(=O)CC3)cc2)CC1. The van der Waals surface area contributed by atoms with Gasteiger partial charge in [-0.3, -0.25) is 14.4 Å². The second-order valence-corrected chi connectivity index (χ2v) is 6.75. The predicted molar refractivity (Wildman–Crippen MR) is 104 cm³/mol. The Balaban J connectivity index is 1.53. The fraction of sp³-hybridized carbons (Fsp3) is 0.474. The van der Waals surface area contributed by atoms with E-state index in [0.29, 0.717) is 24.4 Å². The van der Waals surface area contributed by atoms with Gasteiger partial charge in [-0.05, 0) is 44.0 Å². The maximum absolute atomic E-state index is 12.2. The molecular formula is C19H25N5O3. The standard InChI is InChI=1S/C19H25N5O3/c1-2-20-18(26)13-9-11-24(12-10-13)15-5-3-14(4-6-15)21-19(27)16-7-8-17(25)23-22-16/h3-6,13H,2,7-12H2,1H3,(H,20,26)(H,21,27)(H,23,25). The average molecular weight is 371 g/mol. The summed E-state index contributed by atoms with van der Waals surface area (Å²) >= 11 is 0. The quantitative estimate of drug-likeness (QED) is 0.725. The first-order valence-corrected chi connectivity index (χ1v) is 9.36. The van der Waals surface area contributed by atoms with Crippen LogP contribution in [0.1, 0.15) is 32.6 Å². The van der Waals surface area contributed by atoms with Crippen molar-refractivity contribution in [2.24, 2.45) is 11.0 Å². The molecule has 27 heavy (non-hydrogen) atoms. The number of benzene rings is 1. The van der Waals surface area contributed by atoms with E-state index in [2.05, 4.69) is 26.1 Å². The van der Waals surface area contributed by atoms with Crippen LogP contribution in [0, 0.1) is 5.92 Å². The summed E-state index contributed by atoms with van der Waals surface area (Å²) in [5, 5.41) is 9.49. The largest absolute Gasteiger partial charge is 0.371 e. The molecule has 1 aromatic rings. The van der Waals surface area contributed by atoms with Gasteiger partial charge in [-0.25, -0.2) is 5.43 Å². The van der Waals surface area contributed by atoms with Crippen LogP contribution in [-0.2, 0) is 14.4 Å². The van der Waals surface area contributed by atoms with E-state index in [9.17, 15) is 14.4 Å². The van der Waals surface area contributed by atoms with Crippen molar-refractivity contribution in [3.05, 3.63) is 24.3 Å². The highest BCUT2D eigenvalue weighted by Gasteiger charge is 2.24. The molecule has 144 valence electrons. The van der Waals surface area contributed by atoms with Crippen molar-refractivity contribution in [3.63, 3.8) is 0 Å². The molecule has 0 bridgehead atoms. The molecule has 1 aromatic carbocycles. The number of hydrogen-bond acceptors (Lipinski definition) is 5. The van der Waals surface area contributed by atoms with Crippen LogP contribution in [0.5, 0.6) is 0 Å². The van der Waals surface area contributed by atoms with Crippen molar-refractivity contribution in [3.8, 4) is 0 Å². The number of anilines is 2. The zero-order valence-electron chi connectivity index (χ0n) is 15.5. The summed E-state index contributed by atoms with van der Waals surface area (Å²) in [5.41, 5.74) is 4.40. The minimum absolute atomic E-state index is 0.0940. The smallest absolute Gasteiger partial charge is 0.271 e. The molecule has 2 heterocycles. The Morgan fingerprint density at radius 1 is 1.19 bits per heavy atom. The molecule has 0 saturated carbocycles. The van der Waals surface area contributed by atoms with Gasteiger partial charge in [0.15, 0.2) is 0 Å². The van der Waals surface area contributed by atoms with Crippen LogP contribution in [0.4, 0.5) is 11.4 Å². The lowest BCUT2D eigenvalue weighted by atomic mass is 9.95. The number of carbonyl (C=O) groups excluding carboxylic acids is 3. The van der Waals surface area contributed by atoms with Gasteiger partial charge in [0, 0.05) is 49.8 Å². The number of nitrogens with one attached hydrogen (secondary N) is 3. The number of hydrazone groups is 1. The van der Waals surface area contributed by atoms with Crippen LogP contribution in [0.3, 0.4) is 0 Å². The fourth-order valence-corrected chi connectivity index (χ4v) is 3.32. The van der Waals surface area contributed by atoms with E-state index in [4.69, 9.17) is 0 Å². The number of piperidine rings is 1. The third-order valence-corrected chi connectivity index (χ3v) is 4.87. The van der Waals surface area contributed by atoms with Gasteiger partial charge in [0.1, 0.15) is 5.71 Å². The van der Waals surface area contributed by atoms with Crippen molar-refractivity contribution in [2.75, 3.05) is 29.9 Å². The molecule has 0 aliphatic carbocycles. The first kappa shape index (κ1) is 18.9. The average Bonchev–Trinajstić information content (AvgIpc) is 2.69. The summed E-state index contributed by atoms with van der Waals surface area (Å²) in [4.78, 5) is 37.4. The number of carbonyl (C=O) groups is 3. The van der Waals surface area contributed by atoms with Crippen molar-refractivity contribution in [2.45, 2.75) is 32.6 Å². The van der Waals surface area contributed by atoms with Gasteiger partial charge >= 0.3 is 0 Å². The summed E-state index contributed by atoms with van der Waals surface area (Å²) in [5.74, 6) is -0.231. The van der Waals surface area contributed by atoms with E-state index in [-0.39, 0.29) is 30.1 Å². The fourth-order valence-electron chi connectivity index (χ4n) is 3.32. The van der Waals surface area contributed by atoms with Crippen LogP contribution in [0.15, 0.2) is 29.4 Å². The van der Waals surface area contributed by atoms with E-state index >= 15 is 0 Å². The molecule has 1 fully saturated rings. The van der Waals surface area contributed by atoms with Crippen molar-refractivity contribution in [1.82, 2.24) is 10.7 Å². The minimum Gasteiger partial charge on any atom is -0.371 e. The molecule has 0 unspecified atom stereocenters. The van der Waals surface area contributed by atoms with Crippen molar-refractivity contribution in [1.29, 1.82) is 0 Å². The van der Waals surface area contributed by atoms with E-state index in [1.807, 2.05) is 31.2 Å². The van der Waals surface area contributed by atoms with Crippen LogP contribution in [0.2, 0.25) is 0 Å². The number of amides is 3. The molecule has 3 N–H and O–H groups in total. The van der Waals surface area contributed by atoms with Gasteiger partial charge in [-0.2, -0.15) is 5.10 Å². The molecule has 0 aromatic heterocycles. The minimum atomic E-state index is -0.300. The zero-order valence-corrected chi connectivity index (χ0v) is 15.5. The summed E-state index contributed by atoms with van der Waals surface area (Å²) in [7, 11) is 0. The first-order chi connectivity index (χ1) is 13.1. The Morgan fingerprint density at radius 3 is 2.48 bits per heavy atom. The Bertz CT molecular complexity index is 736. The maximum Gasteiger partial charge on any atom is 0.271 e. The lowest BCUT2D eigenvalue weighted by Gasteiger charge is -2.33. The first-order valence-electron chi connectivity index (χ1n) is 9.36. The molecule has 3 amide bonds. The summed E-state index contributed by atoms with van der Waals surface area (Å²) in [6.07, 6.45) is 2.31. The molecule has 1 saturated heterocycles. The number of hydrogen-bond donors (Lipinski definition) is 3. The van der Waals surface area contributed by atoms with Gasteiger partial charge in [0.25, 0.3) is 5.91 Å². The van der Waals surface area contributed by atoms with Crippen LogP contribution < -0.4 is 21.0 Å². The van der Waals surface area contributed by atoms with Gasteiger partial charge in [-0.15, -0.1) is 0 Å². The van der Waals surface area contributed by atoms with Gasteiger partial charge in [0.2, 0.25) is 11.8 Å². The van der Waals surface area contributed by atoms with Crippen LogP contribution >= 0.6 is 0 Å². The summed E-state index contributed by atoms with van der Waals surface area (Å²) < 4.78 is 0. The normalized spacial score (nSPS) is 17.7. The monoisotopic (exact) mass is 371 g/mol. The third kappa shape index (κ3) is 4.84. The van der Waals surface area contributed by atoms with E-state index in [0.717, 1.165) is 31.6 Å². The van der Waals surface area contributed by atoms with Crippen molar-refractivity contribution < 1.29 is 14.4 Å². The van der Waals surface area contributed by atoms with Crippen molar-refractivity contribution >= 4 is 34.8 Å². The molecule has 2 aliphatic heterocycles. The highest BCUT2D eigenvalue weighted by Crippen LogP contribution is 2.25. The summed E-state index contributed by atoms with van der Waals surface area (Å²) in [6, 6.07) is 7.63. The number of nitrogens with zero attached hydrogens (tertiary/aromatic N) is 2. The van der Waals surface area contributed by atoms with Crippen LogP contribution in [0.25, 0.3) is 0 Å². The van der Waals surface area contributed by atoms with E-state index in [1.54, 1.807) is 0 Å². The second kappa shape index (κ2) is 8.66. The molecule has 0 atom stereocenters. The number of rotatable bonds is 5. The third-order valence-electron chi connectivity index (χ3n) is 4.87. The molecule has 0 radical (unpaired) electrons. The molecule has 8 heteroatoms. The van der Waals surface area contributed by atoms with Gasteiger partial charge in [-0.1, -0.05) is 0 Å². The molecule has 2 aliphatic rings. The Labute approximate surface area is 158 Å². The molecular weight excluding hydrogens is 346 g/mol. The van der Waals surface area contributed by atoms with Crippen LogP contribution in [-0.4, -0.2) is 43.1 Å². The molecule has 0 spiro atoms. The van der Waals surface area contributed by atoms with Gasteiger partial charge < -0.3 is 15.5 Å². The zero-order chi connectivity index (χ0) is 19.2. The Morgan fingerprint density at radius 2 is 1.89 bits per heavy atom. The topological polar surface area (TPSA) is 103 Å². The Kier molecular flexibility index (Phi) is 6.05. The maximum atomic E-state index is 12.2. The molecule has 3 rings (SSSR count). The van der Waals surface area contributed by atoms with E-state index in [1.165, 1.54) is 0 Å². The highest BCUT2D eigenvalue weighted by atomic mass is 16.2. The lowest BCUT2D eigenvalue weighted by Crippen LogP contribution is -2.40. The predicted octanol–water partition coefficient (Wildman–Crippen LogP) is 1.24.